The van der Waals surface area contributed by atoms with E-state index in [9.17, 15) is 14.7 Å². The van der Waals surface area contributed by atoms with Gasteiger partial charge in [-0.15, -0.1) is 0 Å². The summed E-state index contributed by atoms with van der Waals surface area (Å²) < 4.78 is 0. The van der Waals surface area contributed by atoms with Gasteiger partial charge in [-0.3, -0.25) is 9.59 Å². The number of carbonyl (C=O) groups excluding carboxylic acids is 2. The maximum atomic E-state index is 12.7. The minimum Gasteiger partial charge on any atom is -0.506 e. The van der Waals surface area contributed by atoms with Crippen molar-refractivity contribution in [2.24, 2.45) is 5.73 Å². The van der Waals surface area contributed by atoms with E-state index < -0.39 is 11.9 Å². The third-order valence-corrected chi connectivity index (χ3v) is 5.28. The van der Waals surface area contributed by atoms with E-state index >= 15 is 0 Å². The lowest BCUT2D eigenvalue weighted by molar-refractivity contribution is -0.121. The molecule has 1 aromatic carbocycles. The first-order valence-electron chi connectivity index (χ1n) is 8.44. The van der Waals surface area contributed by atoms with Crippen LogP contribution in [0.25, 0.3) is 0 Å². The van der Waals surface area contributed by atoms with Gasteiger partial charge < -0.3 is 21.1 Å². The molecule has 2 heterocycles. The molecule has 4 N–H and O–H groups in total. The summed E-state index contributed by atoms with van der Waals surface area (Å²) in [7, 11) is 0. The van der Waals surface area contributed by atoms with Crippen LogP contribution in [0.5, 0.6) is 5.75 Å². The Morgan fingerprint density at radius 3 is 2.68 bits per heavy atom. The number of pyridine rings is 1. The van der Waals surface area contributed by atoms with Crippen LogP contribution in [0.15, 0.2) is 24.4 Å². The van der Waals surface area contributed by atoms with Gasteiger partial charge >= 0.3 is 0 Å². The van der Waals surface area contributed by atoms with E-state index in [-0.39, 0.29) is 33.8 Å². The van der Waals surface area contributed by atoms with Crippen LogP contribution < -0.4 is 11.1 Å². The Morgan fingerprint density at radius 1 is 1.25 bits per heavy atom. The van der Waals surface area contributed by atoms with Gasteiger partial charge in [0.1, 0.15) is 17.6 Å². The lowest BCUT2D eigenvalue weighted by Gasteiger charge is -2.22. The number of hydrogen-bond acceptors (Lipinski definition) is 5. The zero-order valence-electron chi connectivity index (χ0n) is 14.6. The second kappa shape index (κ2) is 8.43. The summed E-state index contributed by atoms with van der Waals surface area (Å²) in [5.41, 5.74) is 6.09. The van der Waals surface area contributed by atoms with E-state index in [4.69, 9.17) is 40.5 Å². The van der Waals surface area contributed by atoms with Gasteiger partial charge in [0, 0.05) is 29.9 Å². The molecule has 0 aliphatic carbocycles. The largest absolute Gasteiger partial charge is 0.506 e. The normalized spacial score (nSPS) is 16.2. The zero-order chi connectivity index (χ0) is 20.4. The number of phenolic OH excluding ortho intramolecular Hbond substituents is 1. The fourth-order valence-corrected chi connectivity index (χ4v) is 3.86. The second-order valence-electron chi connectivity index (χ2n) is 6.36. The minimum absolute atomic E-state index is 0.0898. The van der Waals surface area contributed by atoms with Crippen LogP contribution in [0.4, 0.5) is 5.82 Å². The molecule has 0 spiro atoms. The highest BCUT2D eigenvalue weighted by molar-refractivity contribution is 6.35. The number of carbonyl (C=O) groups is 2. The Hall–Kier alpha value is -2.22. The maximum Gasteiger partial charge on any atom is 0.256 e. The van der Waals surface area contributed by atoms with E-state index in [1.54, 1.807) is 6.07 Å². The maximum absolute atomic E-state index is 12.7. The Balaban J connectivity index is 1.74. The molecule has 0 radical (unpaired) electrons. The van der Waals surface area contributed by atoms with Gasteiger partial charge in [-0.2, -0.15) is 0 Å². The minimum atomic E-state index is -0.611. The monoisotopic (exact) mass is 442 g/mol. The summed E-state index contributed by atoms with van der Waals surface area (Å²) >= 11 is 18.1. The van der Waals surface area contributed by atoms with Crippen molar-refractivity contribution in [1.82, 2.24) is 9.88 Å². The van der Waals surface area contributed by atoms with Crippen LogP contribution in [-0.2, 0) is 11.3 Å². The highest BCUT2D eigenvalue weighted by atomic mass is 35.5. The third-order valence-electron chi connectivity index (χ3n) is 4.48. The van der Waals surface area contributed by atoms with Gasteiger partial charge in [-0.1, -0.05) is 34.8 Å². The average Bonchev–Trinajstić information content (AvgIpc) is 3.13. The van der Waals surface area contributed by atoms with Gasteiger partial charge in [0.25, 0.3) is 5.91 Å². The fraction of sp³-hybridized carbons (Fsp3) is 0.278. The number of rotatable bonds is 5. The number of likely N-dealkylation sites (tertiary alicyclic amines) is 1. The molecule has 2 aromatic rings. The van der Waals surface area contributed by atoms with Crippen molar-refractivity contribution in [3.8, 4) is 5.75 Å². The summed E-state index contributed by atoms with van der Waals surface area (Å²) in [6, 6.07) is 3.87. The second-order valence-corrected chi connectivity index (χ2v) is 7.61. The van der Waals surface area contributed by atoms with Crippen molar-refractivity contribution in [3.63, 3.8) is 0 Å². The molecule has 1 unspecified atom stereocenters. The number of nitrogens with one attached hydrogen (secondary N) is 1. The number of halogens is 3. The lowest BCUT2D eigenvalue weighted by Crippen LogP contribution is -2.43. The quantitative estimate of drug-likeness (QED) is 0.656. The van der Waals surface area contributed by atoms with E-state index in [0.29, 0.717) is 35.8 Å². The van der Waals surface area contributed by atoms with Gasteiger partial charge in [0.2, 0.25) is 5.91 Å². The summed E-state index contributed by atoms with van der Waals surface area (Å²) in [5, 5.41) is 13.7. The van der Waals surface area contributed by atoms with E-state index in [0.717, 1.165) is 0 Å². The van der Waals surface area contributed by atoms with E-state index in [2.05, 4.69) is 10.3 Å². The number of hydrogen-bond donors (Lipinski definition) is 3. The number of aromatic hydroxyl groups is 1. The number of aromatic nitrogens is 1. The zero-order valence-corrected chi connectivity index (χ0v) is 16.9. The summed E-state index contributed by atoms with van der Waals surface area (Å²) in [6.45, 7) is 0.626. The molecule has 1 aliphatic heterocycles. The molecule has 0 bridgehead atoms. The number of anilines is 1. The number of phenols is 1. The number of amides is 2. The molecule has 2 amide bonds. The highest BCUT2D eigenvalue weighted by Gasteiger charge is 2.33. The molecule has 28 heavy (non-hydrogen) atoms. The molecule has 148 valence electrons. The first-order valence-corrected chi connectivity index (χ1v) is 9.58. The molecule has 1 aliphatic rings. The summed E-state index contributed by atoms with van der Waals surface area (Å²) in [6.07, 6.45) is 2.64. The molecular formula is C18H17Cl3N4O3. The first-order chi connectivity index (χ1) is 13.3. The van der Waals surface area contributed by atoms with Gasteiger partial charge in [-0.25, -0.2) is 4.98 Å². The molecule has 3 rings (SSSR count). The van der Waals surface area contributed by atoms with Crippen molar-refractivity contribution >= 4 is 52.4 Å². The highest BCUT2D eigenvalue weighted by Crippen LogP contribution is 2.32. The predicted octanol–water partition coefficient (Wildman–Crippen LogP) is 3.45. The van der Waals surface area contributed by atoms with Crippen LogP contribution in [0, 0.1) is 0 Å². The van der Waals surface area contributed by atoms with Crippen molar-refractivity contribution < 1.29 is 14.7 Å². The molecule has 10 heteroatoms. The molecular weight excluding hydrogens is 427 g/mol. The van der Waals surface area contributed by atoms with Crippen LogP contribution in [0.1, 0.15) is 28.8 Å². The van der Waals surface area contributed by atoms with E-state index in [1.807, 2.05) is 0 Å². The van der Waals surface area contributed by atoms with Crippen LogP contribution >= 0.6 is 34.8 Å². The third kappa shape index (κ3) is 4.27. The van der Waals surface area contributed by atoms with Crippen molar-refractivity contribution in [2.45, 2.75) is 25.4 Å². The molecule has 7 nitrogen and oxygen atoms in total. The smallest absolute Gasteiger partial charge is 0.256 e. The Labute approximate surface area is 176 Å². The van der Waals surface area contributed by atoms with Gasteiger partial charge in [-0.05, 0) is 31.0 Å². The van der Waals surface area contributed by atoms with Gasteiger partial charge in [0.05, 0.1) is 15.6 Å². The van der Waals surface area contributed by atoms with Crippen molar-refractivity contribution in [2.75, 3.05) is 11.9 Å². The fourth-order valence-electron chi connectivity index (χ4n) is 3.09. The van der Waals surface area contributed by atoms with Crippen LogP contribution in [0.3, 0.4) is 0 Å². The number of nitrogens with two attached hydrogens (primary N) is 1. The Bertz CT molecular complexity index is 939. The number of nitrogens with zero attached hydrogens (tertiary/aromatic N) is 2. The molecule has 0 saturated carbocycles. The standard InChI is InChI=1S/C18H17Cl3N4O3/c19-11-4-9(15(26)12(20)6-11)7-23-17-13(21)5-10(8-24-17)18(28)25-3-1-2-14(25)16(22)27/h4-6,8,14,26H,1-3,7H2,(H2,22,27)(H,23,24). The van der Waals surface area contributed by atoms with Gasteiger partial charge in [0.15, 0.2) is 0 Å². The van der Waals surface area contributed by atoms with Crippen molar-refractivity contribution in [3.05, 3.63) is 50.6 Å². The number of benzene rings is 1. The molecule has 1 saturated heterocycles. The number of primary amides is 1. The Morgan fingerprint density at radius 2 is 2.00 bits per heavy atom. The summed E-state index contributed by atoms with van der Waals surface area (Å²) in [5.74, 6) is -0.640. The predicted molar refractivity (Wildman–Crippen MR) is 108 cm³/mol. The molecule has 1 fully saturated rings. The molecule has 1 atom stereocenters. The van der Waals surface area contributed by atoms with Crippen LogP contribution in [-0.4, -0.2) is 39.4 Å². The van der Waals surface area contributed by atoms with Crippen LogP contribution in [0.2, 0.25) is 15.1 Å². The Kier molecular flexibility index (Phi) is 6.17. The van der Waals surface area contributed by atoms with Crippen molar-refractivity contribution in [1.29, 1.82) is 0 Å². The lowest BCUT2D eigenvalue weighted by atomic mass is 10.2. The average molecular weight is 444 g/mol. The van der Waals surface area contributed by atoms with E-state index in [1.165, 1.54) is 23.2 Å². The molecule has 1 aromatic heterocycles. The first kappa shape index (κ1) is 20.5. The summed E-state index contributed by atoms with van der Waals surface area (Å²) in [4.78, 5) is 29.8. The SMILES string of the molecule is NC(=O)C1CCCN1C(=O)c1cnc(NCc2cc(Cl)cc(Cl)c2O)c(Cl)c1. The topological polar surface area (TPSA) is 109 Å².